The van der Waals surface area contributed by atoms with Crippen LogP contribution in [0.15, 0.2) is 22.6 Å². The molecule has 2 nitrogen and oxygen atoms in total. The first-order valence-corrected chi connectivity index (χ1v) is 4.25. The van der Waals surface area contributed by atoms with Crippen LogP contribution in [0.2, 0.25) is 0 Å². The zero-order valence-electron chi connectivity index (χ0n) is 8.05. The Labute approximate surface area is 77.1 Å². The van der Waals surface area contributed by atoms with E-state index in [0.717, 1.165) is 28.0 Å². The van der Waals surface area contributed by atoms with Gasteiger partial charge >= 0.3 is 0 Å². The first kappa shape index (κ1) is 8.17. The van der Waals surface area contributed by atoms with Crippen LogP contribution >= 0.6 is 0 Å². The normalized spacial score (nSPS) is 10.7. The minimum atomic E-state index is 0.910. The summed E-state index contributed by atoms with van der Waals surface area (Å²) in [5, 5.41) is 1.10. The maximum absolute atomic E-state index is 5.49. The van der Waals surface area contributed by atoms with Gasteiger partial charge < -0.3 is 9.15 Å². The molecule has 0 saturated carbocycles. The van der Waals surface area contributed by atoms with Crippen LogP contribution in [0, 0.1) is 13.8 Å². The quantitative estimate of drug-likeness (QED) is 0.666. The number of methoxy groups -OCH3 is 1. The highest BCUT2D eigenvalue weighted by Crippen LogP contribution is 2.27. The molecule has 0 spiro atoms. The molecule has 0 bridgehead atoms. The lowest BCUT2D eigenvalue weighted by atomic mass is 10.1. The zero-order chi connectivity index (χ0) is 9.42. The van der Waals surface area contributed by atoms with Gasteiger partial charge in [-0.2, -0.15) is 0 Å². The van der Waals surface area contributed by atoms with E-state index in [1.165, 1.54) is 0 Å². The molecule has 0 aliphatic heterocycles. The van der Waals surface area contributed by atoms with Gasteiger partial charge in [0.25, 0.3) is 0 Å². The second-order valence-corrected chi connectivity index (χ2v) is 3.22. The van der Waals surface area contributed by atoms with Gasteiger partial charge in [0.15, 0.2) is 0 Å². The van der Waals surface area contributed by atoms with Gasteiger partial charge in [0.2, 0.25) is 0 Å². The SMILES string of the molecule is COc1cc2cc(C)oc2cc1C. The molecule has 0 saturated heterocycles. The second-order valence-electron chi connectivity index (χ2n) is 3.22. The van der Waals surface area contributed by atoms with Gasteiger partial charge in [-0.25, -0.2) is 0 Å². The van der Waals surface area contributed by atoms with E-state index >= 15 is 0 Å². The zero-order valence-corrected chi connectivity index (χ0v) is 8.05. The van der Waals surface area contributed by atoms with E-state index in [4.69, 9.17) is 9.15 Å². The summed E-state index contributed by atoms with van der Waals surface area (Å²) in [5.74, 6) is 1.84. The molecule has 0 fully saturated rings. The maximum atomic E-state index is 5.49. The Bertz CT molecular complexity index is 441. The van der Waals surface area contributed by atoms with Crippen LogP contribution in [0.5, 0.6) is 5.75 Å². The molecular formula is C11H12O2. The Hall–Kier alpha value is -1.44. The molecule has 0 unspecified atom stereocenters. The van der Waals surface area contributed by atoms with Crippen LogP contribution in [0.1, 0.15) is 11.3 Å². The topological polar surface area (TPSA) is 22.4 Å². The van der Waals surface area contributed by atoms with Crippen LogP contribution in [0.25, 0.3) is 11.0 Å². The smallest absolute Gasteiger partial charge is 0.134 e. The fourth-order valence-corrected chi connectivity index (χ4v) is 1.52. The first-order valence-electron chi connectivity index (χ1n) is 4.25. The predicted octanol–water partition coefficient (Wildman–Crippen LogP) is 3.06. The van der Waals surface area contributed by atoms with Gasteiger partial charge in [0.05, 0.1) is 7.11 Å². The van der Waals surface area contributed by atoms with Crippen molar-refractivity contribution in [3.8, 4) is 5.75 Å². The molecule has 0 amide bonds. The van der Waals surface area contributed by atoms with Gasteiger partial charge in [-0.1, -0.05) is 0 Å². The third-order valence-electron chi connectivity index (χ3n) is 2.16. The molecule has 0 aliphatic carbocycles. The lowest BCUT2D eigenvalue weighted by Gasteiger charge is -2.02. The molecule has 1 aromatic carbocycles. The third-order valence-corrected chi connectivity index (χ3v) is 2.16. The van der Waals surface area contributed by atoms with Crippen molar-refractivity contribution in [2.45, 2.75) is 13.8 Å². The van der Waals surface area contributed by atoms with Gasteiger partial charge in [-0.15, -0.1) is 0 Å². The summed E-state index contributed by atoms with van der Waals surface area (Å²) < 4.78 is 10.7. The Balaban J connectivity index is 2.72. The molecule has 0 aliphatic rings. The number of benzene rings is 1. The van der Waals surface area contributed by atoms with E-state index in [0.29, 0.717) is 0 Å². The molecule has 1 aromatic heterocycles. The van der Waals surface area contributed by atoms with E-state index in [9.17, 15) is 0 Å². The van der Waals surface area contributed by atoms with Crippen LogP contribution < -0.4 is 4.74 Å². The van der Waals surface area contributed by atoms with Crippen molar-refractivity contribution < 1.29 is 9.15 Å². The standard InChI is InChI=1S/C11H12O2/c1-7-4-11-9(5-8(2)13-11)6-10(7)12-3/h4-6H,1-3H3. The van der Waals surface area contributed by atoms with Crippen molar-refractivity contribution >= 4 is 11.0 Å². The molecule has 0 N–H and O–H groups in total. The Morgan fingerprint density at radius 3 is 2.62 bits per heavy atom. The highest BCUT2D eigenvalue weighted by molar-refractivity contribution is 5.80. The molecular weight excluding hydrogens is 164 g/mol. The van der Waals surface area contributed by atoms with Gasteiger partial charge in [-0.05, 0) is 37.6 Å². The minimum absolute atomic E-state index is 0.910. The fraction of sp³-hybridized carbons (Fsp3) is 0.273. The molecule has 13 heavy (non-hydrogen) atoms. The Morgan fingerprint density at radius 1 is 1.15 bits per heavy atom. The average Bonchev–Trinajstić information content (AvgIpc) is 2.42. The number of hydrogen-bond acceptors (Lipinski definition) is 2. The number of furan rings is 1. The Morgan fingerprint density at radius 2 is 1.92 bits per heavy atom. The summed E-state index contributed by atoms with van der Waals surface area (Å²) in [6.07, 6.45) is 0. The van der Waals surface area contributed by atoms with E-state index in [2.05, 4.69) is 0 Å². The third kappa shape index (κ3) is 1.28. The van der Waals surface area contributed by atoms with Gasteiger partial charge in [-0.3, -0.25) is 0 Å². The van der Waals surface area contributed by atoms with E-state index in [-0.39, 0.29) is 0 Å². The van der Waals surface area contributed by atoms with Crippen LogP contribution in [-0.2, 0) is 0 Å². The molecule has 2 aromatic rings. The molecule has 1 heterocycles. The van der Waals surface area contributed by atoms with Gasteiger partial charge in [0.1, 0.15) is 17.1 Å². The van der Waals surface area contributed by atoms with Crippen molar-refractivity contribution in [3.63, 3.8) is 0 Å². The molecule has 68 valence electrons. The number of aryl methyl sites for hydroxylation is 2. The lowest BCUT2D eigenvalue weighted by molar-refractivity contribution is 0.412. The summed E-state index contributed by atoms with van der Waals surface area (Å²) >= 11 is 0. The van der Waals surface area contributed by atoms with Crippen LogP contribution in [0.3, 0.4) is 0 Å². The van der Waals surface area contributed by atoms with Crippen LogP contribution in [-0.4, -0.2) is 7.11 Å². The largest absolute Gasteiger partial charge is 0.496 e. The average molecular weight is 176 g/mol. The van der Waals surface area contributed by atoms with Crippen LogP contribution in [0.4, 0.5) is 0 Å². The highest BCUT2D eigenvalue weighted by Gasteiger charge is 2.04. The maximum Gasteiger partial charge on any atom is 0.134 e. The number of fused-ring (bicyclic) bond motifs is 1. The van der Waals surface area contributed by atoms with Crippen molar-refractivity contribution in [3.05, 3.63) is 29.5 Å². The van der Waals surface area contributed by atoms with Gasteiger partial charge in [0, 0.05) is 5.39 Å². The fourth-order valence-electron chi connectivity index (χ4n) is 1.52. The molecule has 0 atom stereocenters. The molecule has 2 heteroatoms. The summed E-state index contributed by atoms with van der Waals surface area (Å²) in [6.45, 7) is 3.96. The number of rotatable bonds is 1. The number of ether oxygens (including phenoxy) is 1. The Kier molecular flexibility index (Phi) is 1.76. The highest BCUT2D eigenvalue weighted by atomic mass is 16.5. The minimum Gasteiger partial charge on any atom is -0.496 e. The van der Waals surface area contributed by atoms with Crippen molar-refractivity contribution in [1.29, 1.82) is 0 Å². The van der Waals surface area contributed by atoms with E-state index < -0.39 is 0 Å². The first-order chi connectivity index (χ1) is 6.20. The van der Waals surface area contributed by atoms with Crippen molar-refractivity contribution in [1.82, 2.24) is 0 Å². The molecule has 2 rings (SSSR count). The summed E-state index contributed by atoms with van der Waals surface area (Å²) in [6, 6.07) is 6.01. The lowest BCUT2D eigenvalue weighted by Crippen LogP contribution is -1.85. The molecule has 0 radical (unpaired) electrons. The monoisotopic (exact) mass is 176 g/mol. The summed E-state index contributed by atoms with van der Waals surface area (Å²) in [5.41, 5.74) is 2.03. The summed E-state index contributed by atoms with van der Waals surface area (Å²) in [4.78, 5) is 0. The van der Waals surface area contributed by atoms with E-state index in [1.807, 2.05) is 32.0 Å². The second kappa shape index (κ2) is 2.80. The van der Waals surface area contributed by atoms with Crippen molar-refractivity contribution in [2.24, 2.45) is 0 Å². The van der Waals surface area contributed by atoms with E-state index in [1.54, 1.807) is 7.11 Å². The summed E-state index contributed by atoms with van der Waals surface area (Å²) in [7, 11) is 1.68. The predicted molar refractivity (Wildman–Crippen MR) is 52.2 cm³/mol. The number of hydrogen-bond donors (Lipinski definition) is 0. The van der Waals surface area contributed by atoms with Crippen molar-refractivity contribution in [2.75, 3.05) is 7.11 Å².